The molecular formula is C36H32N2O. The standard InChI is InChI=1S/C19H13NO.C10H9N.C7H10/c21-13-14-10-11-17-16-8-4-5-9-18(16)20(19(17)12-14)15-6-2-1-3-7-15;11-10-7-3-5-8-4-1-2-6-9(8)10;1-2-7-4-3-6(1)5-7/h1-13H;1-7H,11H2;1-2,6-7H,3-5H2. The number of nitrogens with zero attached hydrogens (tertiary/aromatic N) is 1. The van der Waals surface area contributed by atoms with E-state index in [0.717, 1.165) is 45.9 Å². The summed E-state index contributed by atoms with van der Waals surface area (Å²) in [5, 5.41) is 4.70. The molecule has 1 heterocycles. The van der Waals surface area contributed by atoms with Gasteiger partial charge in [-0.15, -0.1) is 0 Å². The number of hydrogen-bond acceptors (Lipinski definition) is 2. The zero-order valence-corrected chi connectivity index (χ0v) is 21.9. The Labute approximate surface area is 229 Å². The van der Waals surface area contributed by atoms with Crippen LogP contribution in [-0.4, -0.2) is 10.9 Å². The molecule has 8 rings (SSSR count). The van der Waals surface area contributed by atoms with Crippen molar-refractivity contribution in [1.29, 1.82) is 0 Å². The number of benzene rings is 5. The van der Waals surface area contributed by atoms with E-state index < -0.39 is 0 Å². The molecule has 0 aliphatic heterocycles. The maximum absolute atomic E-state index is 11.1. The van der Waals surface area contributed by atoms with Gasteiger partial charge in [0.1, 0.15) is 6.29 Å². The van der Waals surface area contributed by atoms with E-state index in [1.807, 2.05) is 78.9 Å². The van der Waals surface area contributed by atoms with E-state index >= 15 is 0 Å². The summed E-state index contributed by atoms with van der Waals surface area (Å²) in [6, 6.07) is 38.5. The van der Waals surface area contributed by atoms with Gasteiger partial charge in [0.15, 0.2) is 0 Å². The first-order valence-corrected chi connectivity index (χ1v) is 13.7. The summed E-state index contributed by atoms with van der Waals surface area (Å²) < 4.78 is 2.21. The third-order valence-corrected chi connectivity index (χ3v) is 7.84. The molecule has 6 aromatic rings. The van der Waals surface area contributed by atoms with Crippen molar-refractivity contribution < 1.29 is 4.79 Å². The number of fused-ring (bicyclic) bond motifs is 6. The van der Waals surface area contributed by atoms with Crippen molar-refractivity contribution in [3.8, 4) is 5.69 Å². The number of nitrogen functional groups attached to an aromatic ring is 1. The largest absolute Gasteiger partial charge is 0.398 e. The Morgan fingerprint density at radius 1 is 0.641 bits per heavy atom. The first kappa shape index (κ1) is 24.7. The Morgan fingerprint density at radius 2 is 1.28 bits per heavy atom. The average molecular weight is 509 g/mol. The molecule has 192 valence electrons. The highest BCUT2D eigenvalue weighted by molar-refractivity contribution is 6.10. The predicted molar refractivity (Wildman–Crippen MR) is 164 cm³/mol. The Balaban J connectivity index is 0.000000126. The van der Waals surface area contributed by atoms with Crippen LogP contribution in [0.4, 0.5) is 5.69 Å². The molecule has 0 amide bonds. The second kappa shape index (κ2) is 11.0. The minimum Gasteiger partial charge on any atom is -0.398 e. The van der Waals surface area contributed by atoms with Crippen molar-refractivity contribution in [3.63, 3.8) is 0 Å². The molecule has 39 heavy (non-hydrogen) atoms. The molecule has 3 heteroatoms. The normalized spacial score (nSPS) is 17.0. The van der Waals surface area contributed by atoms with E-state index in [0.29, 0.717) is 5.56 Å². The quantitative estimate of drug-likeness (QED) is 0.144. The van der Waals surface area contributed by atoms with Crippen molar-refractivity contribution in [2.24, 2.45) is 11.8 Å². The predicted octanol–water partition coefficient (Wildman–Crippen LogP) is 8.99. The minimum atomic E-state index is 0.697. The Kier molecular flexibility index (Phi) is 6.97. The van der Waals surface area contributed by atoms with Crippen LogP contribution < -0.4 is 5.73 Å². The summed E-state index contributed by atoms with van der Waals surface area (Å²) in [5.41, 5.74) is 10.6. The number of hydrogen-bond donors (Lipinski definition) is 1. The van der Waals surface area contributed by atoms with Crippen molar-refractivity contribution in [2.75, 3.05) is 5.73 Å². The van der Waals surface area contributed by atoms with Crippen LogP contribution in [0.15, 0.2) is 127 Å². The van der Waals surface area contributed by atoms with Crippen molar-refractivity contribution in [2.45, 2.75) is 19.3 Å². The first-order chi connectivity index (χ1) is 19.2. The third kappa shape index (κ3) is 5.08. The van der Waals surface area contributed by atoms with Gasteiger partial charge in [0.2, 0.25) is 0 Å². The Bertz CT molecular complexity index is 1760. The van der Waals surface area contributed by atoms with Crippen LogP contribution in [0.1, 0.15) is 29.6 Å². The molecule has 2 aliphatic carbocycles. The van der Waals surface area contributed by atoms with Crippen LogP contribution in [0, 0.1) is 11.8 Å². The molecule has 2 atom stereocenters. The molecule has 0 spiro atoms. The van der Waals surface area contributed by atoms with Crippen LogP contribution in [0.2, 0.25) is 0 Å². The lowest BCUT2D eigenvalue weighted by Crippen LogP contribution is -1.93. The Morgan fingerprint density at radius 3 is 1.95 bits per heavy atom. The lowest BCUT2D eigenvalue weighted by Gasteiger charge is -2.07. The summed E-state index contributed by atoms with van der Waals surface area (Å²) in [4.78, 5) is 11.1. The van der Waals surface area contributed by atoms with Crippen molar-refractivity contribution in [1.82, 2.24) is 4.57 Å². The summed E-state index contributed by atoms with van der Waals surface area (Å²) in [6.45, 7) is 0. The van der Waals surface area contributed by atoms with Crippen molar-refractivity contribution >= 4 is 44.6 Å². The maximum Gasteiger partial charge on any atom is 0.150 e. The smallest absolute Gasteiger partial charge is 0.150 e. The van der Waals surface area contributed by atoms with Gasteiger partial charge in [-0.3, -0.25) is 4.79 Å². The van der Waals surface area contributed by atoms with Crippen LogP contribution in [0.5, 0.6) is 0 Å². The molecular weight excluding hydrogens is 476 g/mol. The highest BCUT2D eigenvalue weighted by Gasteiger charge is 2.25. The van der Waals surface area contributed by atoms with Crippen LogP contribution in [-0.2, 0) is 0 Å². The monoisotopic (exact) mass is 508 g/mol. The number of aldehydes is 1. The van der Waals surface area contributed by atoms with Gasteiger partial charge in [0.25, 0.3) is 0 Å². The SMILES string of the molecule is C1=CC2CCC1C2.Nc1cccc2ccccc12.O=Cc1ccc2c3ccccc3n(-c3ccccc3)c2c1. The number of para-hydroxylation sites is 2. The van der Waals surface area contributed by atoms with E-state index in [9.17, 15) is 4.79 Å². The second-order valence-corrected chi connectivity index (χ2v) is 10.4. The van der Waals surface area contributed by atoms with E-state index in [4.69, 9.17) is 5.73 Å². The molecule has 3 nitrogen and oxygen atoms in total. The van der Waals surface area contributed by atoms with Gasteiger partial charge in [0.05, 0.1) is 11.0 Å². The molecule has 2 bridgehead atoms. The fraction of sp³-hybridized carbons (Fsp3) is 0.139. The highest BCUT2D eigenvalue weighted by atomic mass is 16.1. The molecule has 1 aromatic heterocycles. The summed E-state index contributed by atoms with van der Waals surface area (Å²) in [6.07, 6.45) is 10.1. The number of anilines is 1. The van der Waals surface area contributed by atoms with Gasteiger partial charge in [0, 0.05) is 33.1 Å². The highest BCUT2D eigenvalue weighted by Crippen LogP contribution is 2.38. The Hall–Kier alpha value is -4.63. The molecule has 2 aliphatic rings. The van der Waals surface area contributed by atoms with Crippen LogP contribution >= 0.6 is 0 Å². The van der Waals surface area contributed by atoms with Gasteiger partial charge in [-0.1, -0.05) is 97.1 Å². The van der Waals surface area contributed by atoms with E-state index in [-0.39, 0.29) is 0 Å². The third-order valence-electron chi connectivity index (χ3n) is 7.84. The number of allylic oxidation sites excluding steroid dienone is 2. The number of rotatable bonds is 2. The molecule has 1 saturated carbocycles. The molecule has 2 N–H and O–H groups in total. The molecule has 5 aromatic carbocycles. The van der Waals surface area contributed by atoms with Gasteiger partial charge >= 0.3 is 0 Å². The molecule has 0 radical (unpaired) electrons. The lowest BCUT2D eigenvalue weighted by molar-refractivity contribution is 0.112. The van der Waals surface area contributed by atoms with Crippen molar-refractivity contribution in [3.05, 3.63) is 133 Å². The van der Waals surface area contributed by atoms with Crippen LogP contribution in [0.25, 0.3) is 38.3 Å². The topological polar surface area (TPSA) is 48.0 Å². The molecule has 1 fully saturated rings. The molecule has 2 unspecified atom stereocenters. The second-order valence-electron chi connectivity index (χ2n) is 10.4. The van der Waals surface area contributed by atoms with E-state index in [2.05, 4.69) is 53.1 Å². The number of carbonyl (C=O) groups is 1. The summed E-state index contributed by atoms with van der Waals surface area (Å²) in [5.74, 6) is 1.98. The number of aromatic nitrogens is 1. The zero-order chi connectivity index (χ0) is 26.6. The fourth-order valence-electron chi connectivity index (χ4n) is 5.88. The summed E-state index contributed by atoms with van der Waals surface area (Å²) in [7, 11) is 0. The van der Waals surface area contributed by atoms with Gasteiger partial charge in [-0.25, -0.2) is 0 Å². The minimum absolute atomic E-state index is 0.697. The van der Waals surface area contributed by atoms with E-state index in [1.54, 1.807) is 0 Å². The number of carbonyl (C=O) groups excluding carboxylic acids is 1. The van der Waals surface area contributed by atoms with Gasteiger partial charge in [-0.05, 0) is 66.8 Å². The van der Waals surface area contributed by atoms with E-state index in [1.165, 1.54) is 35.4 Å². The van der Waals surface area contributed by atoms with Crippen LogP contribution in [0.3, 0.4) is 0 Å². The van der Waals surface area contributed by atoms with Gasteiger partial charge < -0.3 is 10.3 Å². The zero-order valence-electron chi connectivity index (χ0n) is 21.9. The lowest BCUT2D eigenvalue weighted by atomic mass is 10.1. The molecule has 0 saturated heterocycles. The maximum atomic E-state index is 11.1. The number of nitrogens with two attached hydrogens (primary N) is 1. The average Bonchev–Trinajstić information content (AvgIpc) is 3.73. The first-order valence-electron chi connectivity index (χ1n) is 13.7. The summed E-state index contributed by atoms with van der Waals surface area (Å²) >= 11 is 0. The van der Waals surface area contributed by atoms with Gasteiger partial charge in [-0.2, -0.15) is 0 Å². The fourth-order valence-corrected chi connectivity index (χ4v) is 5.88.